The number of rotatable bonds is 3. The molecule has 0 amide bonds. The quantitative estimate of drug-likeness (QED) is 0.657. The molecule has 2 unspecified atom stereocenters. The molecule has 1 aromatic heterocycles. The van der Waals surface area contributed by atoms with Gasteiger partial charge >= 0.3 is 0 Å². The molecule has 4 N–H and O–H groups in total. The highest BCUT2D eigenvalue weighted by Crippen LogP contribution is 2.24. The van der Waals surface area contributed by atoms with Crippen molar-refractivity contribution in [3.63, 3.8) is 0 Å². The second-order valence-electron chi connectivity index (χ2n) is 2.98. The monoisotopic (exact) mass is 227 g/mol. The second kappa shape index (κ2) is 4.94. The first-order valence-corrected chi connectivity index (χ1v) is 4.59. The van der Waals surface area contributed by atoms with E-state index >= 15 is 0 Å². The Morgan fingerprint density at radius 3 is 2.80 bits per heavy atom. The summed E-state index contributed by atoms with van der Waals surface area (Å²) in [5.41, 5.74) is 5.86. The van der Waals surface area contributed by atoms with Gasteiger partial charge in [0.1, 0.15) is 11.3 Å². The van der Waals surface area contributed by atoms with Crippen LogP contribution < -0.4 is 5.73 Å². The van der Waals surface area contributed by atoms with Crippen LogP contribution in [0.1, 0.15) is 18.2 Å². The predicted octanol–water partition coefficient (Wildman–Crippen LogP) is 0.625. The first-order valence-electron chi connectivity index (χ1n) is 4.21. The van der Waals surface area contributed by atoms with Crippen LogP contribution in [0.5, 0.6) is 0 Å². The molecule has 1 aromatic rings. The van der Waals surface area contributed by atoms with E-state index in [2.05, 4.69) is 4.98 Å². The number of nitrogens with two attached hydrogens (primary N) is 1. The Balaban J connectivity index is 2.95. The standard InChI is InChI=1S/C9H10ClN3O2/c10-7-2-1-5(12)8(13-7)9(15)6(14)3-4-11/h1-2,6,9,14-15H,3,12H2. The average Bonchev–Trinajstić information content (AvgIpc) is 2.21. The van der Waals surface area contributed by atoms with E-state index in [1.807, 2.05) is 0 Å². The summed E-state index contributed by atoms with van der Waals surface area (Å²) >= 11 is 5.62. The normalized spacial score (nSPS) is 14.3. The third-order valence-corrected chi connectivity index (χ3v) is 2.08. The SMILES string of the molecule is N#CCC(O)C(O)c1nc(Cl)ccc1N. The molecule has 0 saturated heterocycles. The largest absolute Gasteiger partial charge is 0.397 e. The number of aromatic nitrogens is 1. The van der Waals surface area contributed by atoms with Crippen molar-refractivity contribution in [1.82, 2.24) is 4.98 Å². The number of pyridine rings is 1. The number of anilines is 1. The van der Waals surface area contributed by atoms with Gasteiger partial charge in [0.2, 0.25) is 0 Å². The lowest BCUT2D eigenvalue weighted by atomic mass is 10.1. The number of aliphatic hydroxyl groups is 2. The van der Waals surface area contributed by atoms with Crippen molar-refractivity contribution in [2.75, 3.05) is 5.73 Å². The summed E-state index contributed by atoms with van der Waals surface area (Å²) in [6.45, 7) is 0. The average molecular weight is 228 g/mol. The Kier molecular flexibility index (Phi) is 3.86. The number of hydrogen-bond acceptors (Lipinski definition) is 5. The van der Waals surface area contributed by atoms with E-state index in [-0.39, 0.29) is 23.0 Å². The van der Waals surface area contributed by atoms with Crippen molar-refractivity contribution in [1.29, 1.82) is 5.26 Å². The molecule has 2 atom stereocenters. The topological polar surface area (TPSA) is 103 Å². The van der Waals surface area contributed by atoms with Crippen molar-refractivity contribution < 1.29 is 10.2 Å². The molecule has 0 bridgehead atoms. The summed E-state index contributed by atoms with van der Waals surface area (Å²) in [5, 5.41) is 27.5. The summed E-state index contributed by atoms with van der Waals surface area (Å²) in [6, 6.07) is 4.70. The molecule has 0 radical (unpaired) electrons. The number of halogens is 1. The number of nitrogen functional groups attached to an aromatic ring is 1. The van der Waals surface area contributed by atoms with E-state index in [9.17, 15) is 10.2 Å². The Morgan fingerprint density at radius 1 is 1.53 bits per heavy atom. The van der Waals surface area contributed by atoms with Crippen LogP contribution in [-0.2, 0) is 0 Å². The van der Waals surface area contributed by atoms with Crippen LogP contribution in [0.25, 0.3) is 0 Å². The smallest absolute Gasteiger partial charge is 0.129 e. The Hall–Kier alpha value is -1.35. The van der Waals surface area contributed by atoms with E-state index in [1.165, 1.54) is 12.1 Å². The zero-order valence-electron chi connectivity index (χ0n) is 7.76. The van der Waals surface area contributed by atoms with Crippen molar-refractivity contribution in [2.24, 2.45) is 0 Å². The van der Waals surface area contributed by atoms with Gasteiger partial charge in [-0.1, -0.05) is 11.6 Å². The lowest BCUT2D eigenvalue weighted by Crippen LogP contribution is -2.20. The Bertz CT molecular complexity index is 391. The molecule has 5 nitrogen and oxygen atoms in total. The summed E-state index contributed by atoms with van der Waals surface area (Å²) in [5.74, 6) is 0. The minimum absolute atomic E-state index is 0.0882. The molecular weight excluding hydrogens is 218 g/mol. The van der Waals surface area contributed by atoms with Crippen LogP contribution >= 0.6 is 11.6 Å². The molecule has 0 aromatic carbocycles. The van der Waals surface area contributed by atoms with Crippen LogP contribution in [-0.4, -0.2) is 21.3 Å². The number of nitrogens with zero attached hydrogens (tertiary/aromatic N) is 2. The third-order valence-electron chi connectivity index (χ3n) is 1.87. The second-order valence-corrected chi connectivity index (χ2v) is 3.37. The van der Waals surface area contributed by atoms with Gasteiger partial charge in [0, 0.05) is 0 Å². The minimum atomic E-state index is -1.30. The maximum absolute atomic E-state index is 9.62. The maximum atomic E-state index is 9.62. The van der Waals surface area contributed by atoms with Gasteiger partial charge in [-0.25, -0.2) is 4.98 Å². The highest BCUT2D eigenvalue weighted by atomic mass is 35.5. The third kappa shape index (κ3) is 2.80. The van der Waals surface area contributed by atoms with Crippen LogP contribution in [0.2, 0.25) is 5.15 Å². The van der Waals surface area contributed by atoms with Crippen molar-refractivity contribution in [2.45, 2.75) is 18.6 Å². The van der Waals surface area contributed by atoms with E-state index in [4.69, 9.17) is 22.6 Å². The molecule has 15 heavy (non-hydrogen) atoms. The molecule has 80 valence electrons. The zero-order valence-corrected chi connectivity index (χ0v) is 8.52. The van der Waals surface area contributed by atoms with Gasteiger partial charge in [-0.3, -0.25) is 0 Å². The minimum Gasteiger partial charge on any atom is -0.397 e. The highest BCUT2D eigenvalue weighted by Gasteiger charge is 2.21. The molecule has 1 heterocycles. The van der Waals surface area contributed by atoms with Crippen LogP contribution in [0.4, 0.5) is 5.69 Å². The maximum Gasteiger partial charge on any atom is 0.129 e. The van der Waals surface area contributed by atoms with Crippen LogP contribution in [0.3, 0.4) is 0 Å². The molecule has 0 saturated carbocycles. The molecule has 0 fully saturated rings. The fourth-order valence-electron chi connectivity index (χ4n) is 1.09. The predicted molar refractivity (Wildman–Crippen MR) is 54.9 cm³/mol. The Labute approximate surface area is 91.7 Å². The molecule has 6 heteroatoms. The first kappa shape index (κ1) is 11.7. The lowest BCUT2D eigenvalue weighted by Gasteiger charge is -2.16. The van der Waals surface area contributed by atoms with E-state index < -0.39 is 12.2 Å². The summed E-state index contributed by atoms with van der Waals surface area (Å²) < 4.78 is 0. The number of nitriles is 1. The zero-order chi connectivity index (χ0) is 11.4. The fraction of sp³-hybridized carbons (Fsp3) is 0.333. The van der Waals surface area contributed by atoms with E-state index in [0.717, 1.165) is 0 Å². The van der Waals surface area contributed by atoms with Gasteiger partial charge in [-0.15, -0.1) is 0 Å². The van der Waals surface area contributed by atoms with Crippen molar-refractivity contribution in [3.8, 4) is 6.07 Å². The van der Waals surface area contributed by atoms with Crippen molar-refractivity contribution in [3.05, 3.63) is 23.0 Å². The first-order chi connectivity index (χ1) is 7.06. The van der Waals surface area contributed by atoms with E-state index in [1.54, 1.807) is 6.07 Å². The van der Waals surface area contributed by atoms with Crippen molar-refractivity contribution >= 4 is 17.3 Å². The highest BCUT2D eigenvalue weighted by molar-refractivity contribution is 6.29. The summed E-state index contributed by atoms with van der Waals surface area (Å²) in [6.07, 6.45) is -2.72. The van der Waals surface area contributed by atoms with Crippen LogP contribution in [0, 0.1) is 11.3 Å². The van der Waals surface area contributed by atoms with Gasteiger partial charge in [0.15, 0.2) is 0 Å². The van der Waals surface area contributed by atoms with Gasteiger partial charge in [-0.05, 0) is 12.1 Å². The molecular formula is C9H10ClN3O2. The Morgan fingerprint density at radius 2 is 2.20 bits per heavy atom. The molecule has 0 aliphatic carbocycles. The lowest BCUT2D eigenvalue weighted by molar-refractivity contribution is 0.0195. The molecule has 0 spiro atoms. The summed E-state index contributed by atoms with van der Waals surface area (Å²) in [7, 11) is 0. The van der Waals surface area contributed by atoms with Crippen LogP contribution in [0.15, 0.2) is 12.1 Å². The van der Waals surface area contributed by atoms with Gasteiger partial charge in [0.25, 0.3) is 0 Å². The fourth-order valence-corrected chi connectivity index (χ4v) is 1.24. The van der Waals surface area contributed by atoms with Gasteiger partial charge in [0.05, 0.1) is 30.0 Å². The number of hydrogen-bond donors (Lipinski definition) is 3. The molecule has 0 aliphatic heterocycles. The number of aliphatic hydroxyl groups excluding tert-OH is 2. The van der Waals surface area contributed by atoms with Gasteiger partial charge < -0.3 is 15.9 Å². The van der Waals surface area contributed by atoms with Gasteiger partial charge in [-0.2, -0.15) is 5.26 Å². The molecule has 1 rings (SSSR count). The van der Waals surface area contributed by atoms with E-state index in [0.29, 0.717) is 0 Å². The summed E-state index contributed by atoms with van der Waals surface area (Å²) in [4.78, 5) is 3.80. The molecule has 0 aliphatic rings.